The third-order valence-corrected chi connectivity index (χ3v) is 3.23. The van der Waals surface area contributed by atoms with E-state index in [0.717, 1.165) is 0 Å². The summed E-state index contributed by atoms with van der Waals surface area (Å²) in [7, 11) is 0. The number of nitrogens with zero attached hydrogens (tertiary/aromatic N) is 1. The first-order valence-electron chi connectivity index (χ1n) is 5.94. The molecule has 0 heterocycles. The molecule has 0 aromatic heterocycles. The third kappa shape index (κ3) is 3.36. The summed E-state index contributed by atoms with van der Waals surface area (Å²) < 4.78 is 0. The Bertz CT molecular complexity index is 600. The van der Waals surface area contributed by atoms with Gasteiger partial charge in [-0.1, -0.05) is 38.4 Å². The summed E-state index contributed by atoms with van der Waals surface area (Å²) in [6.07, 6.45) is 0. The zero-order valence-corrected chi connectivity index (χ0v) is 12.5. The van der Waals surface area contributed by atoms with Crippen LogP contribution in [0.3, 0.4) is 0 Å². The number of benzene rings is 1. The van der Waals surface area contributed by atoms with E-state index < -0.39 is 16.3 Å². The fourth-order valence-corrected chi connectivity index (χ4v) is 2.26. The predicted octanol–water partition coefficient (Wildman–Crippen LogP) is 4.15. The molecule has 6 heteroatoms. The van der Waals surface area contributed by atoms with E-state index in [1.165, 1.54) is 12.1 Å². The van der Waals surface area contributed by atoms with E-state index in [2.05, 4.69) is 0 Å². The zero-order valence-electron chi connectivity index (χ0n) is 11.7. The van der Waals surface area contributed by atoms with Crippen molar-refractivity contribution in [2.45, 2.75) is 27.7 Å². The smallest absolute Gasteiger partial charge is 0.332 e. The second kappa shape index (κ2) is 5.63. The van der Waals surface area contributed by atoms with Crippen molar-refractivity contribution in [1.29, 1.82) is 0 Å². The van der Waals surface area contributed by atoms with E-state index in [4.69, 9.17) is 11.6 Å². The summed E-state index contributed by atoms with van der Waals surface area (Å²) in [5, 5.41) is 20.3. The second-order valence-electron chi connectivity index (χ2n) is 5.48. The average Bonchev–Trinajstić information content (AvgIpc) is 2.26. The number of carboxylic acid groups (broad SMARTS) is 1. The lowest BCUT2D eigenvalue weighted by Gasteiger charge is -2.22. The van der Waals surface area contributed by atoms with Crippen molar-refractivity contribution >= 4 is 28.8 Å². The number of carboxylic acids is 1. The number of hydrogen-bond acceptors (Lipinski definition) is 3. The molecule has 0 spiro atoms. The van der Waals surface area contributed by atoms with E-state index in [1.54, 1.807) is 33.8 Å². The summed E-state index contributed by atoms with van der Waals surface area (Å²) >= 11 is 5.75. The largest absolute Gasteiger partial charge is 0.478 e. The molecule has 20 heavy (non-hydrogen) atoms. The molecule has 0 bridgehead atoms. The van der Waals surface area contributed by atoms with E-state index in [9.17, 15) is 20.0 Å². The van der Waals surface area contributed by atoms with Crippen LogP contribution in [0.4, 0.5) is 5.69 Å². The molecule has 5 nitrogen and oxygen atoms in total. The molecule has 1 aromatic carbocycles. The zero-order chi connectivity index (χ0) is 15.7. The first kappa shape index (κ1) is 16.2. The van der Waals surface area contributed by atoms with Gasteiger partial charge in [0.05, 0.1) is 4.92 Å². The number of carbonyl (C=O) groups is 1. The van der Waals surface area contributed by atoms with Crippen LogP contribution >= 0.6 is 11.6 Å². The molecular formula is C14H16ClNO4. The van der Waals surface area contributed by atoms with Crippen LogP contribution in [-0.4, -0.2) is 16.0 Å². The standard InChI is InChI=1S/C14H16ClNO4/c1-8(12(13(17)18)14(2,3)4)9-5-6-10(15)11(7-9)16(19)20/h5-7H,1-4H3,(H,17,18). The minimum absolute atomic E-state index is 0.0270. The quantitative estimate of drug-likeness (QED) is 0.516. The van der Waals surface area contributed by atoms with E-state index in [1.807, 2.05) is 0 Å². The van der Waals surface area contributed by atoms with E-state index in [0.29, 0.717) is 11.1 Å². The Balaban J connectivity index is 3.54. The Kier molecular flexibility index (Phi) is 4.55. The summed E-state index contributed by atoms with van der Waals surface area (Å²) in [5.41, 5.74) is 0.374. The number of halogens is 1. The number of allylic oxidation sites excluding steroid dienone is 1. The van der Waals surface area contributed by atoms with E-state index >= 15 is 0 Å². The van der Waals surface area contributed by atoms with Crippen LogP contribution in [0, 0.1) is 15.5 Å². The molecule has 0 aliphatic rings. The molecule has 0 amide bonds. The van der Waals surface area contributed by atoms with Crippen molar-refractivity contribution in [2.75, 3.05) is 0 Å². The maximum atomic E-state index is 11.4. The molecule has 0 saturated heterocycles. The normalized spacial score (nSPS) is 12.8. The molecule has 0 aliphatic heterocycles. The van der Waals surface area contributed by atoms with Crippen molar-refractivity contribution in [1.82, 2.24) is 0 Å². The van der Waals surface area contributed by atoms with Gasteiger partial charge in [0.25, 0.3) is 5.69 Å². The average molecular weight is 298 g/mol. The molecule has 0 aliphatic carbocycles. The molecule has 1 aromatic rings. The summed E-state index contributed by atoms with van der Waals surface area (Å²) in [6.45, 7) is 6.99. The maximum absolute atomic E-state index is 11.4. The number of hydrogen-bond donors (Lipinski definition) is 1. The van der Waals surface area contributed by atoms with Gasteiger partial charge in [0.2, 0.25) is 0 Å². The van der Waals surface area contributed by atoms with Gasteiger partial charge >= 0.3 is 5.97 Å². The van der Waals surface area contributed by atoms with Crippen LogP contribution in [0.5, 0.6) is 0 Å². The van der Waals surface area contributed by atoms with Crippen LogP contribution < -0.4 is 0 Å². The summed E-state index contributed by atoms with van der Waals surface area (Å²) in [4.78, 5) is 21.7. The van der Waals surface area contributed by atoms with Crippen LogP contribution in [0.1, 0.15) is 33.3 Å². The van der Waals surface area contributed by atoms with Crippen molar-refractivity contribution in [2.24, 2.45) is 5.41 Å². The van der Waals surface area contributed by atoms with Crippen molar-refractivity contribution in [3.05, 3.63) is 44.5 Å². The first-order valence-corrected chi connectivity index (χ1v) is 6.32. The Labute approximate surface area is 122 Å². The lowest BCUT2D eigenvalue weighted by atomic mass is 9.82. The number of aliphatic carboxylic acids is 1. The highest BCUT2D eigenvalue weighted by atomic mass is 35.5. The van der Waals surface area contributed by atoms with Gasteiger partial charge < -0.3 is 5.11 Å². The van der Waals surface area contributed by atoms with Crippen LogP contribution in [-0.2, 0) is 4.79 Å². The summed E-state index contributed by atoms with van der Waals surface area (Å²) in [6, 6.07) is 4.28. The highest BCUT2D eigenvalue weighted by molar-refractivity contribution is 6.32. The molecule has 1 rings (SSSR count). The highest BCUT2D eigenvalue weighted by Crippen LogP contribution is 2.35. The minimum atomic E-state index is -1.03. The summed E-state index contributed by atoms with van der Waals surface area (Å²) in [5.74, 6) is -1.03. The van der Waals surface area contributed by atoms with Crippen LogP contribution in [0.15, 0.2) is 23.8 Å². The Morgan fingerprint density at radius 3 is 2.30 bits per heavy atom. The Morgan fingerprint density at radius 2 is 1.90 bits per heavy atom. The minimum Gasteiger partial charge on any atom is -0.478 e. The van der Waals surface area contributed by atoms with Gasteiger partial charge in [0.1, 0.15) is 5.02 Å². The lowest BCUT2D eigenvalue weighted by Crippen LogP contribution is -2.19. The highest BCUT2D eigenvalue weighted by Gasteiger charge is 2.27. The molecule has 0 saturated carbocycles. The van der Waals surface area contributed by atoms with Gasteiger partial charge in [-0.2, -0.15) is 0 Å². The Hall–Kier alpha value is -1.88. The maximum Gasteiger partial charge on any atom is 0.332 e. The van der Waals surface area contributed by atoms with Crippen LogP contribution in [0.2, 0.25) is 5.02 Å². The molecule has 0 fully saturated rings. The van der Waals surface area contributed by atoms with Gasteiger partial charge in [-0.3, -0.25) is 10.1 Å². The molecule has 108 valence electrons. The molecule has 0 radical (unpaired) electrons. The van der Waals surface area contributed by atoms with Gasteiger partial charge in [0.15, 0.2) is 0 Å². The molecule has 0 unspecified atom stereocenters. The van der Waals surface area contributed by atoms with Crippen LogP contribution in [0.25, 0.3) is 5.57 Å². The monoisotopic (exact) mass is 297 g/mol. The van der Waals surface area contributed by atoms with Gasteiger partial charge in [-0.15, -0.1) is 0 Å². The molecule has 0 atom stereocenters. The number of rotatable bonds is 3. The van der Waals surface area contributed by atoms with Gasteiger partial charge in [-0.25, -0.2) is 4.79 Å². The SMILES string of the molecule is CC(=C(C(=O)O)C(C)(C)C)c1ccc(Cl)c([N+](=O)[O-])c1. The second-order valence-corrected chi connectivity index (χ2v) is 5.89. The van der Waals surface area contributed by atoms with Crippen molar-refractivity contribution in [3.8, 4) is 0 Å². The fourth-order valence-electron chi connectivity index (χ4n) is 2.07. The topological polar surface area (TPSA) is 80.4 Å². The number of nitro groups is 1. The van der Waals surface area contributed by atoms with Crippen molar-refractivity contribution in [3.63, 3.8) is 0 Å². The lowest BCUT2D eigenvalue weighted by molar-refractivity contribution is -0.384. The fraction of sp³-hybridized carbons (Fsp3) is 0.357. The van der Waals surface area contributed by atoms with Gasteiger partial charge in [-0.05, 0) is 29.5 Å². The van der Waals surface area contributed by atoms with E-state index in [-0.39, 0.29) is 16.3 Å². The van der Waals surface area contributed by atoms with Crippen molar-refractivity contribution < 1.29 is 14.8 Å². The third-order valence-electron chi connectivity index (χ3n) is 2.91. The first-order chi connectivity index (χ1) is 9.05. The Morgan fingerprint density at radius 1 is 1.35 bits per heavy atom. The predicted molar refractivity (Wildman–Crippen MR) is 77.8 cm³/mol. The van der Waals surface area contributed by atoms with Gasteiger partial charge in [0, 0.05) is 11.6 Å². The molecule has 1 N–H and O–H groups in total. The number of nitro benzene ring substituents is 1. The molecular weight excluding hydrogens is 282 g/mol.